The zero-order chi connectivity index (χ0) is 16.6. The van der Waals surface area contributed by atoms with Gasteiger partial charge in [0.2, 0.25) is 17.7 Å². The van der Waals surface area contributed by atoms with Crippen LogP contribution in [0.2, 0.25) is 0 Å². The van der Waals surface area contributed by atoms with Crippen molar-refractivity contribution in [1.29, 1.82) is 0 Å². The number of nitrogens with zero attached hydrogens (tertiary/aromatic N) is 2. The molecule has 0 aromatic carbocycles. The van der Waals surface area contributed by atoms with E-state index in [0.717, 1.165) is 4.88 Å². The number of carbonyl (C=O) groups is 3. The molecule has 3 atom stereocenters. The van der Waals surface area contributed by atoms with Gasteiger partial charge in [-0.25, -0.2) is 0 Å². The van der Waals surface area contributed by atoms with E-state index in [0.29, 0.717) is 25.9 Å². The topological polar surface area (TPSA) is 69.7 Å². The van der Waals surface area contributed by atoms with E-state index in [1.54, 1.807) is 23.3 Å². The van der Waals surface area contributed by atoms with E-state index in [9.17, 15) is 14.4 Å². The quantitative estimate of drug-likeness (QED) is 0.874. The number of thiophene rings is 1. The second kappa shape index (κ2) is 6.31. The number of likely N-dealkylation sites (tertiary alicyclic amines) is 2. The Morgan fingerprint density at radius 1 is 1.35 bits per heavy atom. The van der Waals surface area contributed by atoms with Crippen LogP contribution in [0, 0.1) is 5.92 Å². The zero-order valence-electron chi connectivity index (χ0n) is 13.3. The molecule has 1 N–H and O–H groups in total. The first-order valence-corrected chi connectivity index (χ1v) is 8.70. The van der Waals surface area contributed by atoms with Gasteiger partial charge in [0.1, 0.15) is 6.04 Å². The number of hydrogen-bond donors (Lipinski definition) is 1. The Bertz CT molecular complexity index is 616. The number of hydrogen-bond acceptors (Lipinski definition) is 4. The standard InChI is InChI=1S/C16H21N3O3S/c1-10(20)19-13(16(22)17-2)6-11-8-18(9-14(11)19)15(21)7-12-4-3-5-23-12/h3-5,11,13-14H,6-9H2,1-2H3,(H,17,22)/t11-,13-,14+/m0/s1. The number of nitrogens with one attached hydrogen (secondary N) is 1. The summed E-state index contributed by atoms with van der Waals surface area (Å²) in [6, 6.07) is 3.46. The highest BCUT2D eigenvalue weighted by molar-refractivity contribution is 7.10. The van der Waals surface area contributed by atoms with Gasteiger partial charge in [-0.05, 0) is 17.9 Å². The molecule has 23 heavy (non-hydrogen) atoms. The largest absolute Gasteiger partial charge is 0.357 e. The van der Waals surface area contributed by atoms with Crippen molar-refractivity contribution in [2.45, 2.75) is 31.8 Å². The second-order valence-electron chi connectivity index (χ2n) is 6.17. The van der Waals surface area contributed by atoms with Crippen molar-refractivity contribution in [1.82, 2.24) is 15.1 Å². The van der Waals surface area contributed by atoms with Crippen LogP contribution in [0.5, 0.6) is 0 Å². The zero-order valence-corrected chi connectivity index (χ0v) is 14.1. The molecule has 2 aliphatic heterocycles. The maximum absolute atomic E-state index is 12.4. The molecule has 3 heterocycles. The van der Waals surface area contributed by atoms with Gasteiger partial charge in [-0.3, -0.25) is 14.4 Å². The van der Waals surface area contributed by atoms with Gasteiger partial charge in [-0.2, -0.15) is 0 Å². The molecule has 3 amide bonds. The SMILES string of the molecule is CNC(=O)[C@@H]1C[C@H]2CN(C(=O)Cc3cccs3)C[C@H]2N1C(C)=O. The molecular weight excluding hydrogens is 314 g/mol. The molecular formula is C16H21N3O3S. The van der Waals surface area contributed by atoms with E-state index in [2.05, 4.69) is 5.32 Å². The van der Waals surface area contributed by atoms with Crippen LogP contribution in [0.1, 0.15) is 18.2 Å². The highest BCUT2D eigenvalue weighted by atomic mass is 32.1. The normalized spacial score (nSPS) is 26.3. The predicted molar refractivity (Wildman–Crippen MR) is 86.9 cm³/mol. The van der Waals surface area contributed by atoms with Crippen LogP contribution in [-0.4, -0.2) is 59.7 Å². The highest BCUT2D eigenvalue weighted by Crippen LogP contribution is 2.36. The summed E-state index contributed by atoms with van der Waals surface area (Å²) < 4.78 is 0. The predicted octanol–water partition coefficient (Wildman–Crippen LogP) is 0.484. The molecule has 2 fully saturated rings. The molecule has 3 rings (SSSR count). The Balaban J connectivity index is 1.69. The highest BCUT2D eigenvalue weighted by Gasteiger charge is 2.50. The van der Waals surface area contributed by atoms with Crippen LogP contribution in [0.4, 0.5) is 0 Å². The Labute approximate surface area is 139 Å². The van der Waals surface area contributed by atoms with Crippen molar-refractivity contribution >= 4 is 29.1 Å². The fourth-order valence-electron chi connectivity index (χ4n) is 3.76. The number of likely N-dealkylation sites (N-methyl/N-ethyl adjacent to an activating group) is 1. The van der Waals surface area contributed by atoms with Crippen molar-refractivity contribution in [2.24, 2.45) is 5.92 Å². The van der Waals surface area contributed by atoms with Gasteiger partial charge < -0.3 is 15.1 Å². The monoisotopic (exact) mass is 335 g/mol. The summed E-state index contributed by atoms with van der Waals surface area (Å²) in [6.45, 7) is 2.66. The Hall–Kier alpha value is -1.89. The first kappa shape index (κ1) is 16.0. The smallest absolute Gasteiger partial charge is 0.242 e. The number of amides is 3. The van der Waals surface area contributed by atoms with Crippen molar-refractivity contribution in [3.05, 3.63) is 22.4 Å². The Morgan fingerprint density at radius 3 is 2.74 bits per heavy atom. The first-order chi connectivity index (χ1) is 11.0. The van der Waals surface area contributed by atoms with Gasteiger partial charge >= 0.3 is 0 Å². The van der Waals surface area contributed by atoms with E-state index >= 15 is 0 Å². The average Bonchev–Trinajstić information content (AvgIpc) is 3.20. The van der Waals surface area contributed by atoms with Crippen molar-refractivity contribution < 1.29 is 14.4 Å². The average molecular weight is 335 g/mol. The van der Waals surface area contributed by atoms with Crippen molar-refractivity contribution in [3.63, 3.8) is 0 Å². The minimum Gasteiger partial charge on any atom is -0.357 e. The van der Waals surface area contributed by atoms with Gasteiger partial charge in [0.05, 0.1) is 12.5 Å². The maximum atomic E-state index is 12.4. The van der Waals surface area contributed by atoms with E-state index in [1.165, 1.54) is 6.92 Å². The second-order valence-corrected chi connectivity index (χ2v) is 7.21. The van der Waals surface area contributed by atoms with Crippen molar-refractivity contribution in [2.75, 3.05) is 20.1 Å². The maximum Gasteiger partial charge on any atom is 0.242 e. The van der Waals surface area contributed by atoms with Gasteiger partial charge in [0, 0.05) is 37.9 Å². The molecule has 1 aromatic rings. The summed E-state index contributed by atoms with van der Waals surface area (Å²) in [6.07, 6.45) is 1.04. The molecule has 6 nitrogen and oxygen atoms in total. The molecule has 2 aliphatic rings. The van der Waals surface area contributed by atoms with E-state index < -0.39 is 6.04 Å². The third kappa shape index (κ3) is 2.97. The third-order valence-corrected chi connectivity index (χ3v) is 5.67. The lowest BCUT2D eigenvalue weighted by Gasteiger charge is -2.28. The van der Waals surface area contributed by atoms with E-state index in [4.69, 9.17) is 0 Å². The lowest BCUT2D eigenvalue weighted by Crippen LogP contribution is -2.49. The summed E-state index contributed by atoms with van der Waals surface area (Å²) in [7, 11) is 1.59. The van der Waals surface area contributed by atoms with E-state index in [-0.39, 0.29) is 29.7 Å². The summed E-state index contributed by atoms with van der Waals surface area (Å²) in [5.74, 6) is 0.0695. The lowest BCUT2D eigenvalue weighted by molar-refractivity contribution is -0.139. The molecule has 2 saturated heterocycles. The minimum atomic E-state index is -0.401. The molecule has 0 radical (unpaired) electrons. The third-order valence-electron chi connectivity index (χ3n) is 4.80. The van der Waals surface area contributed by atoms with Crippen LogP contribution < -0.4 is 5.32 Å². The number of carbonyl (C=O) groups excluding carboxylic acids is 3. The summed E-state index contributed by atoms with van der Waals surface area (Å²) >= 11 is 1.58. The van der Waals surface area contributed by atoms with Crippen LogP contribution in [-0.2, 0) is 20.8 Å². The van der Waals surface area contributed by atoms with Crippen molar-refractivity contribution in [3.8, 4) is 0 Å². The summed E-state index contributed by atoms with van der Waals surface area (Å²) in [5.41, 5.74) is 0. The Morgan fingerprint density at radius 2 is 2.13 bits per heavy atom. The molecule has 7 heteroatoms. The van der Waals surface area contributed by atoms with Gasteiger partial charge in [-0.1, -0.05) is 6.07 Å². The van der Waals surface area contributed by atoms with Gasteiger partial charge in [0.15, 0.2) is 0 Å². The molecule has 0 aliphatic carbocycles. The minimum absolute atomic E-state index is 0.0397. The van der Waals surface area contributed by atoms with Gasteiger partial charge in [0.25, 0.3) is 0 Å². The summed E-state index contributed by atoms with van der Waals surface area (Å²) in [4.78, 5) is 41.0. The van der Waals surface area contributed by atoms with Crippen LogP contribution in [0.3, 0.4) is 0 Å². The van der Waals surface area contributed by atoms with E-state index in [1.807, 2.05) is 22.4 Å². The van der Waals surface area contributed by atoms with Crippen LogP contribution in [0.25, 0.3) is 0 Å². The fourth-order valence-corrected chi connectivity index (χ4v) is 4.46. The number of rotatable bonds is 3. The molecule has 124 valence electrons. The lowest BCUT2D eigenvalue weighted by atomic mass is 10.0. The number of fused-ring (bicyclic) bond motifs is 1. The Kier molecular flexibility index (Phi) is 4.39. The van der Waals surface area contributed by atoms with Crippen LogP contribution >= 0.6 is 11.3 Å². The van der Waals surface area contributed by atoms with Crippen LogP contribution in [0.15, 0.2) is 17.5 Å². The first-order valence-electron chi connectivity index (χ1n) is 7.82. The molecule has 0 saturated carbocycles. The summed E-state index contributed by atoms with van der Waals surface area (Å²) in [5, 5.41) is 4.60. The molecule has 0 unspecified atom stereocenters. The molecule has 0 spiro atoms. The molecule has 0 bridgehead atoms. The van der Waals surface area contributed by atoms with Gasteiger partial charge in [-0.15, -0.1) is 11.3 Å². The molecule has 1 aromatic heterocycles. The fraction of sp³-hybridized carbons (Fsp3) is 0.562.